The van der Waals surface area contributed by atoms with Crippen molar-refractivity contribution in [2.75, 3.05) is 0 Å². The van der Waals surface area contributed by atoms with Gasteiger partial charge in [-0.2, -0.15) is 0 Å². The lowest BCUT2D eigenvalue weighted by molar-refractivity contribution is 0.105. The first-order chi connectivity index (χ1) is 4.30. The van der Waals surface area contributed by atoms with Gasteiger partial charge in [0.05, 0.1) is 6.26 Å². The molecule has 9 heavy (non-hydrogen) atoms. The van der Waals surface area contributed by atoms with Crippen LogP contribution in [-0.4, -0.2) is 12.1 Å². The summed E-state index contributed by atoms with van der Waals surface area (Å²) in [6.45, 7) is 1.98. The zero-order chi connectivity index (χ0) is 6.69. The SMILES string of the molecule is C[C@@H](N)[C@@H]1CCC=CO1. The Bertz CT molecular complexity index is 109. The molecule has 0 fully saturated rings. The van der Waals surface area contributed by atoms with Crippen molar-refractivity contribution in [2.24, 2.45) is 5.73 Å². The van der Waals surface area contributed by atoms with Gasteiger partial charge in [0.2, 0.25) is 0 Å². The predicted octanol–water partition coefficient (Wildman–Crippen LogP) is 1.03. The fourth-order valence-electron chi connectivity index (χ4n) is 0.940. The van der Waals surface area contributed by atoms with Crippen LogP contribution in [0.15, 0.2) is 12.3 Å². The van der Waals surface area contributed by atoms with Crippen LogP contribution in [-0.2, 0) is 4.74 Å². The predicted molar refractivity (Wildman–Crippen MR) is 36.9 cm³/mol. The average Bonchev–Trinajstić information content (AvgIpc) is 1.90. The Kier molecular flexibility index (Phi) is 2.11. The standard InChI is InChI=1S/C7H13NO/c1-6(8)7-4-2-3-5-9-7/h3,5-7H,2,4,8H2,1H3/t6-,7+/m1/s1. The number of rotatable bonds is 1. The van der Waals surface area contributed by atoms with Gasteiger partial charge in [-0.05, 0) is 25.8 Å². The third kappa shape index (κ3) is 1.72. The summed E-state index contributed by atoms with van der Waals surface area (Å²) in [4.78, 5) is 0. The normalized spacial score (nSPS) is 29.3. The first kappa shape index (κ1) is 6.62. The number of hydrogen-bond donors (Lipinski definition) is 1. The van der Waals surface area contributed by atoms with Crippen LogP contribution < -0.4 is 5.73 Å². The van der Waals surface area contributed by atoms with E-state index in [9.17, 15) is 0 Å². The molecular formula is C7H13NO. The van der Waals surface area contributed by atoms with E-state index in [1.54, 1.807) is 6.26 Å². The van der Waals surface area contributed by atoms with Crippen molar-refractivity contribution in [3.8, 4) is 0 Å². The summed E-state index contributed by atoms with van der Waals surface area (Å²) in [5, 5.41) is 0. The van der Waals surface area contributed by atoms with E-state index in [4.69, 9.17) is 10.5 Å². The van der Waals surface area contributed by atoms with Crippen LogP contribution in [0.4, 0.5) is 0 Å². The van der Waals surface area contributed by atoms with E-state index < -0.39 is 0 Å². The number of ether oxygens (including phenoxy) is 1. The molecule has 1 rings (SSSR count). The highest BCUT2D eigenvalue weighted by atomic mass is 16.5. The number of hydrogen-bond acceptors (Lipinski definition) is 2. The molecule has 0 aromatic carbocycles. The molecule has 1 heterocycles. The van der Waals surface area contributed by atoms with E-state index in [0.29, 0.717) is 0 Å². The highest BCUT2D eigenvalue weighted by Crippen LogP contribution is 2.11. The minimum absolute atomic E-state index is 0.162. The van der Waals surface area contributed by atoms with Gasteiger partial charge in [0.1, 0.15) is 6.10 Å². The Morgan fingerprint density at radius 1 is 1.78 bits per heavy atom. The largest absolute Gasteiger partial charge is 0.497 e. The van der Waals surface area contributed by atoms with Gasteiger partial charge < -0.3 is 10.5 Å². The van der Waals surface area contributed by atoms with E-state index in [0.717, 1.165) is 12.8 Å². The third-order valence-electron chi connectivity index (χ3n) is 1.55. The molecular weight excluding hydrogens is 114 g/mol. The number of nitrogens with two attached hydrogens (primary N) is 1. The van der Waals surface area contributed by atoms with E-state index in [2.05, 4.69) is 0 Å². The summed E-state index contributed by atoms with van der Waals surface area (Å²) >= 11 is 0. The first-order valence-electron chi connectivity index (χ1n) is 3.37. The molecule has 1 aliphatic heterocycles. The molecule has 0 aliphatic carbocycles. The topological polar surface area (TPSA) is 35.2 Å². The third-order valence-corrected chi connectivity index (χ3v) is 1.55. The molecule has 0 radical (unpaired) electrons. The summed E-state index contributed by atoms with van der Waals surface area (Å²) in [6, 6.07) is 0.162. The van der Waals surface area contributed by atoms with Gasteiger partial charge in [0, 0.05) is 6.04 Å². The second-order valence-corrected chi connectivity index (χ2v) is 2.48. The molecule has 1 aliphatic rings. The Hall–Kier alpha value is -0.500. The van der Waals surface area contributed by atoms with Crippen LogP contribution in [0.3, 0.4) is 0 Å². The van der Waals surface area contributed by atoms with Crippen molar-refractivity contribution >= 4 is 0 Å². The van der Waals surface area contributed by atoms with Crippen LogP contribution in [0.1, 0.15) is 19.8 Å². The van der Waals surface area contributed by atoms with Gasteiger partial charge in [-0.1, -0.05) is 0 Å². The number of allylic oxidation sites excluding steroid dienone is 1. The molecule has 0 unspecified atom stereocenters. The average molecular weight is 127 g/mol. The lowest BCUT2D eigenvalue weighted by atomic mass is 10.1. The van der Waals surface area contributed by atoms with E-state index in [1.165, 1.54) is 0 Å². The highest BCUT2D eigenvalue weighted by molar-refractivity contribution is 4.85. The molecule has 2 heteroatoms. The minimum Gasteiger partial charge on any atom is -0.497 e. The summed E-state index contributed by atoms with van der Waals surface area (Å²) in [5.41, 5.74) is 5.61. The lowest BCUT2D eigenvalue weighted by Crippen LogP contribution is -2.33. The Labute approximate surface area is 55.7 Å². The second kappa shape index (κ2) is 2.87. The van der Waals surface area contributed by atoms with E-state index in [-0.39, 0.29) is 12.1 Å². The van der Waals surface area contributed by atoms with Gasteiger partial charge in [0.25, 0.3) is 0 Å². The minimum atomic E-state index is 0.162. The highest BCUT2D eigenvalue weighted by Gasteiger charge is 2.14. The van der Waals surface area contributed by atoms with Gasteiger partial charge in [-0.15, -0.1) is 0 Å². The zero-order valence-corrected chi connectivity index (χ0v) is 5.71. The van der Waals surface area contributed by atoms with Crippen molar-refractivity contribution in [1.29, 1.82) is 0 Å². The molecule has 52 valence electrons. The van der Waals surface area contributed by atoms with Crippen LogP contribution in [0.2, 0.25) is 0 Å². The zero-order valence-electron chi connectivity index (χ0n) is 5.71. The van der Waals surface area contributed by atoms with Crippen LogP contribution in [0.25, 0.3) is 0 Å². The van der Waals surface area contributed by atoms with Crippen molar-refractivity contribution < 1.29 is 4.74 Å². The molecule has 0 aromatic rings. The summed E-state index contributed by atoms with van der Waals surface area (Å²) < 4.78 is 5.23. The van der Waals surface area contributed by atoms with Gasteiger partial charge in [0.15, 0.2) is 0 Å². The Morgan fingerprint density at radius 3 is 2.89 bits per heavy atom. The molecule has 0 amide bonds. The monoisotopic (exact) mass is 127 g/mol. The maximum Gasteiger partial charge on any atom is 0.113 e. The molecule has 2 N–H and O–H groups in total. The molecule has 2 atom stereocenters. The smallest absolute Gasteiger partial charge is 0.113 e. The van der Waals surface area contributed by atoms with Gasteiger partial charge >= 0.3 is 0 Å². The molecule has 0 saturated heterocycles. The van der Waals surface area contributed by atoms with E-state index >= 15 is 0 Å². The van der Waals surface area contributed by atoms with Crippen LogP contribution >= 0.6 is 0 Å². The fraction of sp³-hybridized carbons (Fsp3) is 0.714. The van der Waals surface area contributed by atoms with E-state index in [1.807, 2.05) is 13.0 Å². The summed E-state index contributed by atoms with van der Waals surface area (Å²) in [7, 11) is 0. The molecule has 0 aromatic heterocycles. The van der Waals surface area contributed by atoms with Crippen molar-refractivity contribution in [2.45, 2.75) is 31.9 Å². The lowest BCUT2D eigenvalue weighted by Gasteiger charge is -2.22. The van der Waals surface area contributed by atoms with Crippen molar-refractivity contribution in [1.82, 2.24) is 0 Å². The van der Waals surface area contributed by atoms with Gasteiger partial charge in [-0.25, -0.2) is 0 Å². The first-order valence-corrected chi connectivity index (χ1v) is 3.37. The molecule has 0 bridgehead atoms. The molecule has 0 spiro atoms. The fourth-order valence-corrected chi connectivity index (χ4v) is 0.940. The quantitative estimate of drug-likeness (QED) is 0.571. The maximum absolute atomic E-state index is 5.61. The molecule has 0 saturated carbocycles. The van der Waals surface area contributed by atoms with Crippen molar-refractivity contribution in [3.05, 3.63) is 12.3 Å². The molecule has 2 nitrogen and oxygen atoms in total. The Balaban J connectivity index is 2.35. The Morgan fingerprint density at radius 2 is 2.56 bits per heavy atom. The maximum atomic E-state index is 5.61. The summed E-state index contributed by atoms with van der Waals surface area (Å²) in [5.74, 6) is 0. The summed E-state index contributed by atoms with van der Waals surface area (Å²) in [6.07, 6.45) is 6.19. The van der Waals surface area contributed by atoms with Crippen molar-refractivity contribution in [3.63, 3.8) is 0 Å². The van der Waals surface area contributed by atoms with Gasteiger partial charge in [-0.3, -0.25) is 0 Å². The van der Waals surface area contributed by atoms with Crippen LogP contribution in [0.5, 0.6) is 0 Å². The second-order valence-electron chi connectivity index (χ2n) is 2.48. The van der Waals surface area contributed by atoms with Crippen LogP contribution in [0, 0.1) is 0 Å².